The molecule has 0 radical (unpaired) electrons. The third-order valence-electron chi connectivity index (χ3n) is 3.99. The maximum atomic E-state index is 11.8. The normalized spacial score (nSPS) is 28.1. The van der Waals surface area contributed by atoms with Gasteiger partial charge in [-0.05, 0) is 23.8 Å². The van der Waals surface area contributed by atoms with Gasteiger partial charge in [0.1, 0.15) is 31.0 Å². The van der Waals surface area contributed by atoms with Gasteiger partial charge in [-0.25, -0.2) is 4.79 Å². The van der Waals surface area contributed by atoms with E-state index in [4.69, 9.17) is 18.9 Å². The summed E-state index contributed by atoms with van der Waals surface area (Å²) in [5.41, 5.74) is 0.487. The molecule has 0 amide bonds. The standard InChI is InChI=1S/C17H22O10/c1-24-9-5-8(6-10(25-2)13(9)19)3-4-12(18)26-7-11-14(20)15(21)16(22)17(23)27-11/h3-6,11,14-17,19-23H,7H2,1-2H3/t11-,14-,15+,16-,17-/m1/s1. The molecule has 150 valence electrons. The average molecular weight is 386 g/mol. The number of methoxy groups -OCH3 is 2. The molecule has 1 aromatic carbocycles. The highest BCUT2D eigenvalue weighted by Gasteiger charge is 2.43. The molecule has 1 heterocycles. The number of ether oxygens (including phenoxy) is 4. The van der Waals surface area contributed by atoms with Crippen LogP contribution in [0.2, 0.25) is 0 Å². The van der Waals surface area contributed by atoms with Crippen LogP contribution in [-0.2, 0) is 14.3 Å². The van der Waals surface area contributed by atoms with Crippen LogP contribution in [0.4, 0.5) is 0 Å². The van der Waals surface area contributed by atoms with Crippen molar-refractivity contribution in [3.8, 4) is 17.2 Å². The lowest BCUT2D eigenvalue weighted by Crippen LogP contribution is -2.58. The predicted molar refractivity (Wildman–Crippen MR) is 90.1 cm³/mol. The van der Waals surface area contributed by atoms with Crippen molar-refractivity contribution in [2.45, 2.75) is 30.7 Å². The van der Waals surface area contributed by atoms with E-state index in [2.05, 4.69) is 0 Å². The Hall–Kier alpha value is -2.37. The number of phenolic OH excluding ortho intramolecular Hbond substituents is 1. The highest BCUT2D eigenvalue weighted by molar-refractivity contribution is 5.87. The lowest BCUT2D eigenvalue weighted by atomic mass is 9.99. The maximum Gasteiger partial charge on any atom is 0.330 e. The van der Waals surface area contributed by atoms with E-state index >= 15 is 0 Å². The summed E-state index contributed by atoms with van der Waals surface area (Å²) in [6, 6.07) is 2.95. The van der Waals surface area contributed by atoms with E-state index in [1.54, 1.807) is 0 Å². The third-order valence-corrected chi connectivity index (χ3v) is 3.99. The molecule has 1 aliphatic rings. The second kappa shape index (κ2) is 9.02. The van der Waals surface area contributed by atoms with Gasteiger partial charge in [-0.1, -0.05) is 0 Å². The number of phenols is 1. The van der Waals surface area contributed by atoms with Crippen molar-refractivity contribution in [3.63, 3.8) is 0 Å². The van der Waals surface area contributed by atoms with Crippen LogP contribution in [0.5, 0.6) is 17.2 Å². The first-order chi connectivity index (χ1) is 12.8. The number of hydrogen-bond donors (Lipinski definition) is 5. The predicted octanol–water partition coefficient (Wildman–Crippen LogP) is -1.23. The highest BCUT2D eigenvalue weighted by Crippen LogP contribution is 2.37. The third kappa shape index (κ3) is 4.87. The Morgan fingerprint density at radius 1 is 1.07 bits per heavy atom. The van der Waals surface area contributed by atoms with Gasteiger partial charge in [0.25, 0.3) is 0 Å². The summed E-state index contributed by atoms with van der Waals surface area (Å²) in [6.07, 6.45) is -5.27. The fourth-order valence-corrected chi connectivity index (χ4v) is 2.46. The van der Waals surface area contributed by atoms with Crippen molar-refractivity contribution in [2.24, 2.45) is 0 Å². The minimum Gasteiger partial charge on any atom is -0.502 e. The lowest BCUT2D eigenvalue weighted by molar-refractivity contribution is -0.287. The number of esters is 1. The number of carbonyl (C=O) groups is 1. The number of rotatable bonds is 6. The molecular formula is C17H22O10. The molecule has 27 heavy (non-hydrogen) atoms. The molecule has 0 spiro atoms. The Kier molecular flexibility index (Phi) is 6.99. The van der Waals surface area contributed by atoms with E-state index in [1.807, 2.05) is 0 Å². The molecule has 0 aromatic heterocycles. The number of hydrogen-bond acceptors (Lipinski definition) is 10. The van der Waals surface area contributed by atoms with E-state index in [1.165, 1.54) is 32.4 Å². The molecule has 0 aliphatic carbocycles. The Morgan fingerprint density at radius 2 is 1.67 bits per heavy atom. The minimum absolute atomic E-state index is 0.155. The van der Waals surface area contributed by atoms with Gasteiger partial charge in [0, 0.05) is 6.08 Å². The Morgan fingerprint density at radius 3 is 2.22 bits per heavy atom. The van der Waals surface area contributed by atoms with Crippen LogP contribution in [0.15, 0.2) is 18.2 Å². The molecule has 2 rings (SSSR count). The first-order valence-electron chi connectivity index (χ1n) is 7.96. The van der Waals surface area contributed by atoms with E-state index in [0.29, 0.717) is 5.56 Å². The van der Waals surface area contributed by atoms with Gasteiger partial charge in [0.05, 0.1) is 14.2 Å². The van der Waals surface area contributed by atoms with Crippen molar-refractivity contribution in [3.05, 3.63) is 23.8 Å². The Balaban J connectivity index is 1.98. The van der Waals surface area contributed by atoms with Crippen molar-refractivity contribution >= 4 is 12.0 Å². The fraction of sp³-hybridized carbons (Fsp3) is 0.471. The van der Waals surface area contributed by atoms with Gasteiger partial charge < -0.3 is 44.5 Å². The van der Waals surface area contributed by atoms with Gasteiger partial charge in [0.15, 0.2) is 17.8 Å². The molecule has 5 atom stereocenters. The van der Waals surface area contributed by atoms with Gasteiger partial charge in [0.2, 0.25) is 5.75 Å². The van der Waals surface area contributed by atoms with Crippen molar-refractivity contribution in [2.75, 3.05) is 20.8 Å². The zero-order valence-electron chi connectivity index (χ0n) is 14.7. The molecule has 1 fully saturated rings. The lowest BCUT2D eigenvalue weighted by Gasteiger charge is -2.37. The average Bonchev–Trinajstić information content (AvgIpc) is 2.67. The molecular weight excluding hydrogens is 364 g/mol. The van der Waals surface area contributed by atoms with Crippen molar-refractivity contribution < 1.29 is 49.3 Å². The Labute approximate surface area is 154 Å². The molecule has 10 heteroatoms. The van der Waals surface area contributed by atoms with E-state index in [-0.39, 0.29) is 17.2 Å². The van der Waals surface area contributed by atoms with Crippen LogP contribution < -0.4 is 9.47 Å². The largest absolute Gasteiger partial charge is 0.502 e. The number of aliphatic hydroxyl groups is 4. The summed E-state index contributed by atoms with van der Waals surface area (Å²) >= 11 is 0. The smallest absolute Gasteiger partial charge is 0.330 e. The minimum atomic E-state index is -1.71. The van der Waals surface area contributed by atoms with E-state index in [0.717, 1.165) is 6.08 Å². The van der Waals surface area contributed by atoms with Gasteiger partial charge >= 0.3 is 5.97 Å². The summed E-state index contributed by atoms with van der Waals surface area (Å²) in [4.78, 5) is 11.8. The molecule has 0 bridgehead atoms. The van der Waals surface area contributed by atoms with Gasteiger partial charge in [-0.2, -0.15) is 0 Å². The van der Waals surface area contributed by atoms with Crippen LogP contribution in [-0.4, -0.2) is 83.0 Å². The van der Waals surface area contributed by atoms with Crippen LogP contribution in [0.25, 0.3) is 6.08 Å². The number of aliphatic hydroxyl groups excluding tert-OH is 4. The molecule has 1 aliphatic heterocycles. The van der Waals surface area contributed by atoms with E-state index < -0.39 is 43.3 Å². The number of benzene rings is 1. The zero-order chi connectivity index (χ0) is 20.1. The summed E-state index contributed by atoms with van der Waals surface area (Å²) in [7, 11) is 2.73. The molecule has 1 saturated heterocycles. The summed E-state index contributed by atoms with van der Waals surface area (Å²) < 4.78 is 19.8. The SMILES string of the molecule is COc1cc(C=CC(=O)OC[C@H]2O[C@@H](O)[C@H](O)[C@@H](O)[C@@H]2O)cc(OC)c1O. The van der Waals surface area contributed by atoms with Crippen molar-refractivity contribution in [1.82, 2.24) is 0 Å². The maximum absolute atomic E-state index is 11.8. The summed E-state index contributed by atoms with van der Waals surface area (Å²) in [6.45, 7) is -0.451. The van der Waals surface area contributed by atoms with Gasteiger partial charge in [-0.3, -0.25) is 0 Å². The molecule has 1 aromatic rings. The number of carbonyl (C=O) groups excluding carboxylic acids is 1. The first kappa shape index (κ1) is 20.9. The second-order valence-electron chi connectivity index (χ2n) is 5.77. The van der Waals surface area contributed by atoms with E-state index in [9.17, 15) is 30.3 Å². The second-order valence-corrected chi connectivity index (χ2v) is 5.77. The first-order valence-corrected chi connectivity index (χ1v) is 7.96. The molecule has 10 nitrogen and oxygen atoms in total. The quantitative estimate of drug-likeness (QED) is 0.296. The monoisotopic (exact) mass is 386 g/mol. The topological polar surface area (TPSA) is 155 Å². The molecule has 5 N–H and O–H groups in total. The molecule has 0 saturated carbocycles. The summed E-state index contributed by atoms with van der Waals surface area (Å²) in [5, 5.41) is 48.0. The van der Waals surface area contributed by atoms with Crippen LogP contribution >= 0.6 is 0 Å². The Bertz CT molecular complexity index is 663. The van der Waals surface area contributed by atoms with Crippen LogP contribution in [0.3, 0.4) is 0 Å². The highest BCUT2D eigenvalue weighted by atomic mass is 16.6. The van der Waals surface area contributed by atoms with Gasteiger partial charge in [-0.15, -0.1) is 0 Å². The number of aromatic hydroxyl groups is 1. The fourth-order valence-electron chi connectivity index (χ4n) is 2.46. The summed E-state index contributed by atoms with van der Waals surface area (Å²) in [5.74, 6) is -0.653. The van der Waals surface area contributed by atoms with Crippen LogP contribution in [0.1, 0.15) is 5.56 Å². The van der Waals surface area contributed by atoms with Crippen LogP contribution in [0, 0.1) is 0 Å². The molecule has 0 unspecified atom stereocenters. The van der Waals surface area contributed by atoms with Crippen molar-refractivity contribution in [1.29, 1.82) is 0 Å². The zero-order valence-corrected chi connectivity index (χ0v) is 14.7.